The van der Waals surface area contributed by atoms with Crippen molar-refractivity contribution in [3.63, 3.8) is 0 Å². The Morgan fingerprint density at radius 2 is 1.76 bits per heavy atom. The maximum Gasteiger partial charge on any atom is 0.338 e. The number of carbonyl (C=O) groups is 2. The number of anilines is 1. The van der Waals surface area contributed by atoms with Gasteiger partial charge in [-0.1, -0.05) is 0 Å². The van der Waals surface area contributed by atoms with E-state index in [1.165, 1.54) is 7.11 Å². The van der Waals surface area contributed by atoms with E-state index in [0.29, 0.717) is 41.7 Å². The zero-order valence-corrected chi connectivity index (χ0v) is 13.6. The van der Waals surface area contributed by atoms with Gasteiger partial charge in [0, 0.05) is 11.8 Å². The Balaban J connectivity index is 1.53. The molecule has 0 radical (unpaired) electrons. The molecule has 0 saturated heterocycles. The van der Waals surface area contributed by atoms with Crippen molar-refractivity contribution in [2.75, 3.05) is 32.2 Å². The number of hydrogen-bond acceptors (Lipinski definition) is 6. The van der Waals surface area contributed by atoms with Crippen LogP contribution in [-0.2, 0) is 9.53 Å². The van der Waals surface area contributed by atoms with E-state index < -0.39 is 11.9 Å². The van der Waals surface area contributed by atoms with Crippen molar-refractivity contribution < 1.29 is 28.5 Å². The van der Waals surface area contributed by atoms with E-state index in [4.69, 9.17) is 18.9 Å². The van der Waals surface area contributed by atoms with Crippen LogP contribution in [0.15, 0.2) is 42.5 Å². The molecule has 0 unspecified atom stereocenters. The second-order valence-electron chi connectivity index (χ2n) is 5.21. The van der Waals surface area contributed by atoms with Crippen molar-refractivity contribution in [3.05, 3.63) is 48.0 Å². The number of fused-ring (bicyclic) bond motifs is 1. The third-order valence-corrected chi connectivity index (χ3v) is 3.49. The van der Waals surface area contributed by atoms with Gasteiger partial charge < -0.3 is 24.3 Å². The van der Waals surface area contributed by atoms with Gasteiger partial charge in [0.15, 0.2) is 18.1 Å². The predicted octanol–water partition coefficient (Wildman–Crippen LogP) is 2.26. The van der Waals surface area contributed by atoms with E-state index in [9.17, 15) is 9.59 Å². The molecule has 7 heteroatoms. The number of rotatable bonds is 5. The Morgan fingerprint density at radius 1 is 1.04 bits per heavy atom. The van der Waals surface area contributed by atoms with Crippen molar-refractivity contribution in [1.82, 2.24) is 0 Å². The lowest BCUT2D eigenvalue weighted by molar-refractivity contribution is -0.119. The topological polar surface area (TPSA) is 83.1 Å². The highest BCUT2D eigenvalue weighted by atomic mass is 16.6. The Labute approximate surface area is 144 Å². The molecule has 7 nitrogen and oxygen atoms in total. The van der Waals surface area contributed by atoms with Gasteiger partial charge in [-0.2, -0.15) is 0 Å². The molecule has 1 amide bonds. The summed E-state index contributed by atoms with van der Waals surface area (Å²) in [4.78, 5) is 23.8. The molecular formula is C18H17NO6. The van der Waals surface area contributed by atoms with Gasteiger partial charge in [-0.3, -0.25) is 4.79 Å². The van der Waals surface area contributed by atoms with Crippen molar-refractivity contribution in [2.45, 2.75) is 0 Å². The number of nitrogens with one attached hydrogen (secondary N) is 1. The van der Waals surface area contributed by atoms with Crippen LogP contribution >= 0.6 is 0 Å². The van der Waals surface area contributed by atoms with Crippen LogP contribution < -0.4 is 19.5 Å². The van der Waals surface area contributed by atoms with Crippen LogP contribution in [-0.4, -0.2) is 38.8 Å². The molecule has 0 aliphatic carbocycles. The highest BCUT2D eigenvalue weighted by Gasteiger charge is 2.14. The minimum absolute atomic E-state index is 0.341. The summed E-state index contributed by atoms with van der Waals surface area (Å²) in [6.45, 7) is 0.573. The first-order valence-electron chi connectivity index (χ1n) is 7.66. The van der Waals surface area contributed by atoms with Gasteiger partial charge in [-0.25, -0.2) is 4.79 Å². The summed E-state index contributed by atoms with van der Waals surface area (Å²) in [7, 11) is 1.54. The largest absolute Gasteiger partial charge is 0.497 e. The minimum atomic E-state index is -0.583. The molecular weight excluding hydrogens is 326 g/mol. The quantitative estimate of drug-likeness (QED) is 0.839. The number of hydrogen-bond donors (Lipinski definition) is 1. The van der Waals surface area contributed by atoms with Crippen LogP contribution in [0.4, 0.5) is 5.69 Å². The average Bonchev–Trinajstić information content (AvgIpc) is 2.66. The Bertz CT molecular complexity index is 772. The molecule has 2 aromatic carbocycles. The molecule has 1 heterocycles. The fourth-order valence-electron chi connectivity index (χ4n) is 2.26. The van der Waals surface area contributed by atoms with E-state index in [1.807, 2.05) is 0 Å². The predicted molar refractivity (Wildman–Crippen MR) is 89.3 cm³/mol. The second kappa shape index (κ2) is 7.57. The van der Waals surface area contributed by atoms with E-state index in [0.717, 1.165) is 0 Å². The molecule has 0 spiro atoms. The molecule has 0 bridgehead atoms. The Hall–Kier alpha value is -3.22. The molecule has 1 aliphatic heterocycles. The summed E-state index contributed by atoms with van der Waals surface area (Å²) >= 11 is 0. The van der Waals surface area contributed by atoms with Crippen LogP contribution in [0, 0.1) is 0 Å². The van der Waals surface area contributed by atoms with E-state index >= 15 is 0 Å². The van der Waals surface area contributed by atoms with Gasteiger partial charge in [0.2, 0.25) is 0 Å². The summed E-state index contributed by atoms with van der Waals surface area (Å²) in [6, 6.07) is 11.5. The SMILES string of the molecule is COc1ccc(C(=O)OCC(=O)Nc2ccc3c(c2)OCCO3)cc1. The summed E-state index contributed by atoms with van der Waals surface area (Å²) in [6.07, 6.45) is 0. The van der Waals surface area contributed by atoms with Gasteiger partial charge in [-0.15, -0.1) is 0 Å². The number of amides is 1. The van der Waals surface area contributed by atoms with Gasteiger partial charge in [0.05, 0.1) is 12.7 Å². The van der Waals surface area contributed by atoms with Crippen LogP contribution in [0.5, 0.6) is 17.2 Å². The monoisotopic (exact) mass is 343 g/mol. The number of methoxy groups -OCH3 is 1. The average molecular weight is 343 g/mol. The minimum Gasteiger partial charge on any atom is -0.497 e. The molecule has 2 aromatic rings. The molecule has 1 aliphatic rings. The fraction of sp³-hybridized carbons (Fsp3) is 0.222. The second-order valence-corrected chi connectivity index (χ2v) is 5.21. The Morgan fingerprint density at radius 3 is 2.48 bits per heavy atom. The van der Waals surface area contributed by atoms with Crippen LogP contribution in [0.1, 0.15) is 10.4 Å². The summed E-state index contributed by atoms with van der Waals surface area (Å²) in [5.41, 5.74) is 0.877. The van der Waals surface area contributed by atoms with Crippen LogP contribution in [0.3, 0.4) is 0 Å². The smallest absolute Gasteiger partial charge is 0.338 e. The molecule has 0 saturated carbocycles. The maximum absolute atomic E-state index is 11.9. The lowest BCUT2D eigenvalue weighted by Gasteiger charge is -2.19. The van der Waals surface area contributed by atoms with Crippen molar-refractivity contribution in [3.8, 4) is 17.2 Å². The molecule has 3 rings (SSSR count). The molecule has 1 N–H and O–H groups in total. The number of benzene rings is 2. The Kier molecular flexibility index (Phi) is 5.03. The van der Waals surface area contributed by atoms with Crippen molar-refractivity contribution >= 4 is 17.6 Å². The highest BCUT2D eigenvalue weighted by molar-refractivity contribution is 5.95. The zero-order chi connectivity index (χ0) is 17.6. The highest BCUT2D eigenvalue weighted by Crippen LogP contribution is 2.32. The normalized spacial score (nSPS) is 12.2. The van der Waals surface area contributed by atoms with E-state index in [-0.39, 0.29) is 6.61 Å². The van der Waals surface area contributed by atoms with E-state index in [2.05, 4.69) is 5.32 Å². The number of ether oxygens (including phenoxy) is 4. The summed E-state index contributed by atoms with van der Waals surface area (Å²) in [5.74, 6) is 0.806. The van der Waals surface area contributed by atoms with Gasteiger partial charge in [0.1, 0.15) is 19.0 Å². The molecule has 130 valence electrons. The standard InChI is InChI=1S/C18H17NO6/c1-22-14-5-2-12(3-6-14)18(21)25-11-17(20)19-13-4-7-15-16(10-13)24-9-8-23-15/h2-7,10H,8-9,11H2,1H3,(H,19,20). The molecule has 0 aromatic heterocycles. The van der Waals surface area contributed by atoms with Crippen molar-refractivity contribution in [1.29, 1.82) is 0 Å². The maximum atomic E-state index is 11.9. The lowest BCUT2D eigenvalue weighted by atomic mass is 10.2. The van der Waals surface area contributed by atoms with Gasteiger partial charge in [-0.05, 0) is 36.4 Å². The lowest BCUT2D eigenvalue weighted by Crippen LogP contribution is -2.21. The van der Waals surface area contributed by atoms with Crippen molar-refractivity contribution in [2.24, 2.45) is 0 Å². The zero-order valence-electron chi connectivity index (χ0n) is 13.6. The molecule has 25 heavy (non-hydrogen) atoms. The number of esters is 1. The summed E-state index contributed by atoms with van der Waals surface area (Å²) < 4.78 is 20.9. The van der Waals surface area contributed by atoms with E-state index in [1.54, 1.807) is 42.5 Å². The molecule has 0 atom stereocenters. The van der Waals surface area contributed by atoms with Crippen LogP contribution in [0.25, 0.3) is 0 Å². The third kappa shape index (κ3) is 4.20. The fourth-order valence-corrected chi connectivity index (χ4v) is 2.26. The van der Waals surface area contributed by atoms with Crippen LogP contribution in [0.2, 0.25) is 0 Å². The third-order valence-electron chi connectivity index (χ3n) is 3.49. The number of carbonyl (C=O) groups excluding carboxylic acids is 2. The van der Waals surface area contributed by atoms with Gasteiger partial charge in [0.25, 0.3) is 5.91 Å². The first-order chi connectivity index (χ1) is 12.2. The van der Waals surface area contributed by atoms with Gasteiger partial charge >= 0.3 is 5.97 Å². The first kappa shape index (κ1) is 16.6. The summed E-state index contributed by atoms with van der Waals surface area (Å²) in [5, 5.41) is 2.65. The molecule has 0 fully saturated rings. The first-order valence-corrected chi connectivity index (χ1v) is 7.66.